The number of nitrogens with one attached hydrogen (secondary N) is 1. The molecule has 4 aromatic rings. The average Bonchev–Trinajstić information content (AvgIpc) is 3.19. The second kappa shape index (κ2) is 7.52. The molecule has 1 amide bonds. The summed E-state index contributed by atoms with van der Waals surface area (Å²) >= 11 is 1.43. The number of benzene rings is 2. The van der Waals surface area contributed by atoms with Crippen molar-refractivity contribution in [3.63, 3.8) is 0 Å². The van der Waals surface area contributed by atoms with Crippen molar-refractivity contribution in [2.75, 3.05) is 11.1 Å². The number of carbonyl (C=O) groups excluding carboxylic acids is 1. The first kappa shape index (κ1) is 18.3. The Morgan fingerprint density at radius 2 is 1.79 bits per heavy atom. The molecule has 0 spiro atoms. The molecule has 0 bridgehead atoms. The maximum absolute atomic E-state index is 12.6. The van der Waals surface area contributed by atoms with Crippen molar-refractivity contribution in [2.24, 2.45) is 7.05 Å². The van der Waals surface area contributed by atoms with Crippen LogP contribution in [0.3, 0.4) is 0 Å². The zero-order chi connectivity index (χ0) is 19.7. The summed E-state index contributed by atoms with van der Waals surface area (Å²) in [4.78, 5) is 17.3. The fraction of sp³-hybridized carbons (Fsp3) is 0.190. The summed E-state index contributed by atoms with van der Waals surface area (Å²) < 4.78 is 3.86. The van der Waals surface area contributed by atoms with E-state index in [1.807, 2.05) is 75.5 Å². The summed E-state index contributed by atoms with van der Waals surface area (Å²) in [6.07, 6.45) is 0. The van der Waals surface area contributed by atoms with Gasteiger partial charge in [-0.3, -0.25) is 14.0 Å². The van der Waals surface area contributed by atoms with Gasteiger partial charge in [-0.1, -0.05) is 42.1 Å². The topological polar surface area (TPSA) is 64.7 Å². The van der Waals surface area contributed by atoms with Crippen LogP contribution in [0, 0.1) is 13.8 Å². The lowest BCUT2D eigenvalue weighted by Gasteiger charge is -2.09. The zero-order valence-electron chi connectivity index (χ0n) is 16.0. The summed E-state index contributed by atoms with van der Waals surface area (Å²) in [7, 11) is 1.87. The summed E-state index contributed by atoms with van der Waals surface area (Å²) in [5, 5.41) is 8.12. The molecule has 2 heterocycles. The van der Waals surface area contributed by atoms with Gasteiger partial charge in [-0.15, -0.1) is 0 Å². The maximum atomic E-state index is 12.6. The lowest BCUT2D eigenvalue weighted by Crippen LogP contribution is -2.15. The number of hydrogen-bond acceptors (Lipinski definition) is 4. The highest BCUT2D eigenvalue weighted by Gasteiger charge is 2.16. The van der Waals surface area contributed by atoms with Crippen molar-refractivity contribution in [1.29, 1.82) is 0 Å². The summed E-state index contributed by atoms with van der Waals surface area (Å²) in [5.74, 6) is 0.195. The first-order valence-electron chi connectivity index (χ1n) is 9.00. The van der Waals surface area contributed by atoms with Gasteiger partial charge in [0.2, 0.25) is 5.91 Å². The van der Waals surface area contributed by atoms with E-state index in [2.05, 4.69) is 15.0 Å². The Hall–Kier alpha value is -3.06. The monoisotopic (exact) mass is 391 g/mol. The number of amides is 1. The van der Waals surface area contributed by atoms with Gasteiger partial charge in [-0.05, 0) is 38.1 Å². The Morgan fingerprint density at radius 3 is 2.50 bits per heavy atom. The van der Waals surface area contributed by atoms with Crippen LogP contribution >= 0.6 is 11.8 Å². The number of aryl methyl sites for hydroxylation is 2. The Labute approximate surface area is 167 Å². The molecule has 2 aromatic heterocycles. The Balaban J connectivity index is 1.59. The third-order valence-corrected chi connectivity index (χ3v) is 5.59. The molecule has 0 fully saturated rings. The van der Waals surface area contributed by atoms with E-state index in [0.29, 0.717) is 0 Å². The van der Waals surface area contributed by atoms with Crippen LogP contribution in [0.1, 0.15) is 11.4 Å². The second-order valence-corrected chi connectivity index (χ2v) is 7.50. The highest BCUT2D eigenvalue weighted by atomic mass is 32.2. The molecule has 0 aliphatic carbocycles. The molecule has 4 rings (SSSR count). The van der Waals surface area contributed by atoms with Crippen LogP contribution in [0.4, 0.5) is 5.69 Å². The average molecular weight is 392 g/mol. The summed E-state index contributed by atoms with van der Waals surface area (Å²) in [6, 6.07) is 18.1. The number of fused-ring (bicyclic) bond motifs is 1. The zero-order valence-corrected chi connectivity index (χ0v) is 16.8. The molecule has 28 heavy (non-hydrogen) atoms. The second-order valence-electron chi connectivity index (χ2n) is 6.56. The van der Waals surface area contributed by atoms with Gasteiger partial charge in [0.25, 0.3) is 0 Å². The van der Waals surface area contributed by atoms with Gasteiger partial charge < -0.3 is 5.32 Å². The number of imidazole rings is 1. The molecule has 7 heteroatoms. The molecule has 142 valence electrons. The van der Waals surface area contributed by atoms with Crippen LogP contribution in [0.5, 0.6) is 0 Å². The van der Waals surface area contributed by atoms with E-state index >= 15 is 0 Å². The van der Waals surface area contributed by atoms with E-state index in [0.717, 1.165) is 39.0 Å². The van der Waals surface area contributed by atoms with Crippen LogP contribution in [-0.2, 0) is 11.8 Å². The van der Waals surface area contributed by atoms with Gasteiger partial charge in [-0.25, -0.2) is 4.98 Å². The van der Waals surface area contributed by atoms with Crippen molar-refractivity contribution in [2.45, 2.75) is 19.0 Å². The molecule has 2 aromatic carbocycles. The number of hydrogen-bond donors (Lipinski definition) is 1. The maximum Gasteiger partial charge on any atom is 0.234 e. The number of para-hydroxylation sites is 3. The van der Waals surface area contributed by atoms with Gasteiger partial charge >= 0.3 is 0 Å². The van der Waals surface area contributed by atoms with E-state index < -0.39 is 0 Å². The van der Waals surface area contributed by atoms with Crippen molar-refractivity contribution >= 4 is 34.4 Å². The SMILES string of the molecule is Cc1nn(C)c(C)c1NC(=O)CSc1nc2ccccc2n1-c1ccccc1. The first-order chi connectivity index (χ1) is 13.5. The number of nitrogens with zero attached hydrogens (tertiary/aromatic N) is 4. The van der Waals surface area contributed by atoms with Gasteiger partial charge in [0, 0.05) is 12.7 Å². The minimum absolute atomic E-state index is 0.0733. The molecule has 0 unspecified atom stereocenters. The van der Waals surface area contributed by atoms with Crippen molar-refractivity contribution < 1.29 is 4.79 Å². The van der Waals surface area contributed by atoms with Gasteiger partial charge in [-0.2, -0.15) is 5.10 Å². The molecular weight excluding hydrogens is 370 g/mol. The van der Waals surface area contributed by atoms with Crippen molar-refractivity contribution in [1.82, 2.24) is 19.3 Å². The van der Waals surface area contributed by atoms with E-state index in [4.69, 9.17) is 4.98 Å². The Morgan fingerprint density at radius 1 is 1.07 bits per heavy atom. The largest absolute Gasteiger partial charge is 0.322 e. The molecule has 0 saturated carbocycles. The van der Waals surface area contributed by atoms with E-state index in [1.54, 1.807) is 4.68 Å². The third kappa shape index (κ3) is 3.41. The van der Waals surface area contributed by atoms with Gasteiger partial charge in [0.05, 0.1) is 33.9 Å². The van der Waals surface area contributed by atoms with Crippen LogP contribution in [0.2, 0.25) is 0 Å². The van der Waals surface area contributed by atoms with E-state index in [-0.39, 0.29) is 11.7 Å². The number of anilines is 1. The molecule has 6 nitrogen and oxygen atoms in total. The van der Waals surface area contributed by atoms with Crippen molar-refractivity contribution in [3.8, 4) is 5.69 Å². The Bertz CT molecular complexity index is 1150. The summed E-state index contributed by atoms with van der Waals surface area (Å²) in [6.45, 7) is 3.84. The lowest BCUT2D eigenvalue weighted by atomic mass is 10.3. The molecule has 1 N–H and O–H groups in total. The first-order valence-corrected chi connectivity index (χ1v) is 9.99. The minimum atomic E-state index is -0.0733. The lowest BCUT2D eigenvalue weighted by molar-refractivity contribution is -0.113. The predicted molar refractivity (Wildman–Crippen MR) is 113 cm³/mol. The van der Waals surface area contributed by atoms with Gasteiger partial charge in [0.15, 0.2) is 5.16 Å². The number of aromatic nitrogens is 4. The standard InChI is InChI=1S/C21H21N5OS/c1-14-20(15(2)25(3)24-14)23-19(27)13-28-21-22-17-11-7-8-12-18(17)26(21)16-9-5-4-6-10-16/h4-12H,13H2,1-3H3,(H,23,27). The Kier molecular flexibility index (Phi) is 4.92. The minimum Gasteiger partial charge on any atom is -0.322 e. The fourth-order valence-electron chi connectivity index (χ4n) is 3.19. The molecule has 0 aliphatic rings. The number of carbonyl (C=O) groups is 1. The quantitative estimate of drug-likeness (QED) is 0.520. The van der Waals surface area contributed by atoms with E-state index in [9.17, 15) is 4.79 Å². The highest BCUT2D eigenvalue weighted by molar-refractivity contribution is 7.99. The third-order valence-electron chi connectivity index (χ3n) is 4.65. The molecular formula is C21H21N5OS. The number of rotatable bonds is 5. The van der Waals surface area contributed by atoms with Crippen LogP contribution in [-0.4, -0.2) is 31.0 Å². The fourth-order valence-corrected chi connectivity index (χ4v) is 4.02. The van der Waals surface area contributed by atoms with E-state index in [1.165, 1.54) is 11.8 Å². The normalized spacial score (nSPS) is 11.1. The number of thioether (sulfide) groups is 1. The molecule has 0 atom stereocenters. The smallest absolute Gasteiger partial charge is 0.234 e. The van der Waals surface area contributed by atoms with Crippen molar-refractivity contribution in [3.05, 3.63) is 66.0 Å². The predicted octanol–water partition coefficient (Wildman–Crippen LogP) is 4.11. The molecule has 0 saturated heterocycles. The van der Waals surface area contributed by atoms with Gasteiger partial charge in [0.1, 0.15) is 0 Å². The van der Waals surface area contributed by atoms with Crippen LogP contribution < -0.4 is 5.32 Å². The van der Waals surface area contributed by atoms with Crippen LogP contribution in [0.25, 0.3) is 16.7 Å². The highest BCUT2D eigenvalue weighted by Crippen LogP contribution is 2.28. The van der Waals surface area contributed by atoms with Crippen LogP contribution in [0.15, 0.2) is 59.8 Å². The molecule has 0 aliphatic heterocycles. The molecule has 0 radical (unpaired) electrons. The summed E-state index contributed by atoms with van der Waals surface area (Å²) in [5.41, 5.74) is 5.49.